The summed E-state index contributed by atoms with van der Waals surface area (Å²) < 4.78 is 10.9. The van der Waals surface area contributed by atoms with E-state index in [4.69, 9.17) is 14.6 Å². The molecule has 3 aromatic rings. The summed E-state index contributed by atoms with van der Waals surface area (Å²) in [5.74, 6) is 1.54. The smallest absolute Gasteiger partial charge is 0.253 e. The number of carbonyl (C=O) groups excluding carboxylic acids is 2. The first-order chi connectivity index (χ1) is 16.9. The van der Waals surface area contributed by atoms with Gasteiger partial charge in [0, 0.05) is 25.6 Å². The quantitative estimate of drug-likeness (QED) is 0.530. The number of likely N-dealkylation sites (N-methyl/N-ethyl adjacent to an activating group) is 1. The second-order valence-corrected chi connectivity index (χ2v) is 9.43. The van der Waals surface area contributed by atoms with E-state index in [0.717, 1.165) is 46.4 Å². The molecule has 180 valence electrons. The van der Waals surface area contributed by atoms with Crippen LogP contribution in [0.5, 0.6) is 11.5 Å². The van der Waals surface area contributed by atoms with E-state index in [1.54, 1.807) is 7.05 Å². The number of aliphatic hydroxyl groups is 1. The summed E-state index contributed by atoms with van der Waals surface area (Å²) in [6, 6.07) is 19.5. The third kappa shape index (κ3) is 4.42. The summed E-state index contributed by atoms with van der Waals surface area (Å²) in [5, 5.41) is 9.07. The molecule has 0 unspecified atom stereocenters. The van der Waals surface area contributed by atoms with Gasteiger partial charge >= 0.3 is 0 Å². The van der Waals surface area contributed by atoms with Gasteiger partial charge in [-0.15, -0.1) is 0 Å². The van der Waals surface area contributed by atoms with Crippen molar-refractivity contribution in [2.45, 2.75) is 31.6 Å². The Kier molecular flexibility index (Phi) is 6.07. The first-order valence-corrected chi connectivity index (χ1v) is 11.9. The minimum absolute atomic E-state index is 0.0685. The maximum atomic E-state index is 13.4. The van der Waals surface area contributed by atoms with E-state index in [1.165, 1.54) is 4.90 Å². The van der Waals surface area contributed by atoms with E-state index in [0.29, 0.717) is 24.3 Å². The van der Waals surface area contributed by atoms with Crippen LogP contribution in [0.3, 0.4) is 0 Å². The molecule has 1 heterocycles. The number of nitrogens with zero attached hydrogens (tertiary/aromatic N) is 1. The van der Waals surface area contributed by atoms with Crippen molar-refractivity contribution in [2.24, 2.45) is 0 Å². The molecule has 1 N–H and O–H groups in total. The Labute approximate surface area is 205 Å². The summed E-state index contributed by atoms with van der Waals surface area (Å²) in [5.41, 5.74) is 5.27. The zero-order chi connectivity index (χ0) is 24.6. The number of hydrogen-bond donors (Lipinski definition) is 1. The highest BCUT2D eigenvalue weighted by molar-refractivity contribution is 5.95. The Morgan fingerprint density at radius 1 is 0.971 bits per heavy atom. The zero-order valence-corrected chi connectivity index (χ0v) is 20.0. The normalized spacial score (nSPS) is 15.1. The second kappa shape index (κ2) is 9.19. The molecule has 0 radical (unpaired) electrons. The number of fused-ring (bicyclic) bond motifs is 1. The molecule has 0 saturated heterocycles. The predicted octanol–water partition coefficient (Wildman–Crippen LogP) is 4.30. The fourth-order valence-electron chi connectivity index (χ4n) is 4.76. The fourth-order valence-corrected chi connectivity index (χ4v) is 4.76. The zero-order valence-electron chi connectivity index (χ0n) is 20.0. The van der Waals surface area contributed by atoms with Gasteiger partial charge in [-0.2, -0.15) is 0 Å². The number of ether oxygens (including phenoxy) is 2. The van der Waals surface area contributed by atoms with Gasteiger partial charge < -0.3 is 19.5 Å². The number of benzene rings is 3. The molecule has 0 bridgehead atoms. The van der Waals surface area contributed by atoms with Gasteiger partial charge in [0.2, 0.25) is 6.79 Å². The van der Waals surface area contributed by atoms with Crippen molar-refractivity contribution in [1.82, 2.24) is 4.90 Å². The lowest BCUT2D eigenvalue weighted by Gasteiger charge is -2.17. The number of hydrogen-bond acceptors (Lipinski definition) is 5. The largest absolute Gasteiger partial charge is 0.454 e. The number of aryl methyl sites for hydroxylation is 1. The SMILES string of the molecule is Cc1ccc(CC(=O)C2(c3ccc4c(c3)OCO4)CC2)cc1-c1ccc(C(=O)N(C)CCO)cc1. The summed E-state index contributed by atoms with van der Waals surface area (Å²) in [6.07, 6.45) is 2.07. The molecule has 0 atom stereocenters. The molecule has 3 aromatic carbocycles. The predicted molar refractivity (Wildman–Crippen MR) is 133 cm³/mol. The van der Waals surface area contributed by atoms with Crippen LogP contribution in [0.4, 0.5) is 0 Å². The van der Waals surface area contributed by atoms with Gasteiger partial charge in [0.25, 0.3) is 5.91 Å². The summed E-state index contributed by atoms with van der Waals surface area (Å²) >= 11 is 0. The van der Waals surface area contributed by atoms with Crippen LogP contribution in [0, 0.1) is 6.92 Å². The Morgan fingerprint density at radius 3 is 2.43 bits per heavy atom. The van der Waals surface area contributed by atoms with Gasteiger partial charge in [-0.05, 0) is 71.8 Å². The van der Waals surface area contributed by atoms with Crippen molar-refractivity contribution in [3.05, 3.63) is 82.9 Å². The molecular formula is C29H29NO5. The van der Waals surface area contributed by atoms with E-state index >= 15 is 0 Å². The highest BCUT2D eigenvalue weighted by atomic mass is 16.7. The first-order valence-electron chi connectivity index (χ1n) is 11.9. The van der Waals surface area contributed by atoms with Crippen molar-refractivity contribution in [3.8, 4) is 22.6 Å². The van der Waals surface area contributed by atoms with E-state index in [1.807, 2.05) is 61.5 Å². The monoisotopic (exact) mass is 471 g/mol. The molecule has 5 rings (SSSR count). The molecule has 1 aliphatic carbocycles. The van der Waals surface area contributed by atoms with Crippen LogP contribution in [0.25, 0.3) is 11.1 Å². The topological polar surface area (TPSA) is 76.1 Å². The van der Waals surface area contributed by atoms with Crippen molar-refractivity contribution in [3.63, 3.8) is 0 Å². The average Bonchev–Trinajstić information content (AvgIpc) is 3.55. The highest BCUT2D eigenvalue weighted by Crippen LogP contribution is 2.51. The fraction of sp³-hybridized carbons (Fsp3) is 0.310. The molecule has 0 spiro atoms. The van der Waals surface area contributed by atoms with Gasteiger partial charge in [0.1, 0.15) is 5.78 Å². The van der Waals surface area contributed by atoms with Gasteiger partial charge in [0.15, 0.2) is 11.5 Å². The standard InChI is InChI=1S/C29H29NO5/c1-19-3-4-20(15-24(19)21-5-7-22(8-6-21)28(33)30(2)13-14-31)16-27(32)29(11-12-29)23-9-10-25-26(17-23)35-18-34-25/h3-10,15,17,31H,11-14,16,18H2,1-2H3. The first kappa shape index (κ1) is 23.1. The van der Waals surface area contributed by atoms with Crippen molar-refractivity contribution < 1.29 is 24.2 Å². The summed E-state index contributed by atoms with van der Waals surface area (Å²) in [4.78, 5) is 27.4. The minimum Gasteiger partial charge on any atom is -0.454 e. The van der Waals surface area contributed by atoms with E-state index in [2.05, 4.69) is 6.07 Å². The van der Waals surface area contributed by atoms with Gasteiger partial charge in [0.05, 0.1) is 12.0 Å². The van der Waals surface area contributed by atoms with Gasteiger partial charge in [-0.1, -0.05) is 36.4 Å². The second-order valence-electron chi connectivity index (χ2n) is 9.43. The molecule has 1 aliphatic heterocycles. The van der Waals surface area contributed by atoms with Gasteiger partial charge in [-0.25, -0.2) is 0 Å². The molecule has 2 aliphatic rings. The van der Waals surface area contributed by atoms with Crippen LogP contribution in [0.1, 0.15) is 39.9 Å². The molecule has 6 heteroatoms. The van der Waals surface area contributed by atoms with E-state index in [9.17, 15) is 9.59 Å². The van der Waals surface area contributed by atoms with Crippen molar-refractivity contribution in [2.75, 3.05) is 27.0 Å². The third-order valence-electron chi connectivity index (χ3n) is 7.10. The lowest BCUT2D eigenvalue weighted by atomic mass is 9.87. The van der Waals surface area contributed by atoms with Crippen LogP contribution >= 0.6 is 0 Å². The van der Waals surface area contributed by atoms with Crippen LogP contribution < -0.4 is 9.47 Å². The average molecular weight is 472 g/mol. The summed E-state index contributed by atoms with van der Waals surface area (Å²) in [7, 11) is 1.67. The molecule has 35 heavy (non-hydrogen) atoms. The van der Waals surface area contributed by atoms with Crippen molar-refractivity contribution >= 4 is 11.7 Å². The Hall–Kier alpha value is -3.64. The van der Waals surface area contributed by atoms with Crippen LogP contribution in [-0.4, -0.2) is 48.7 Å². The lowest BCUT2D eigenvalue weighted by molar-refractivity contribution is -0.120. The van der Waals surface area contributed by atoms with Crippen LogP contribution in [0.15, 0.2) is 60.7 Å². The number of rotatable bonds is 8. The number of Topliss-reactive ketones (excluding diaryl/α,β-unsaturated/α-hetero) is 1. The molecular weight excluding hydrogens is 442 g/mol. The Bertz CT molecular complexity index is 1280. The number of amides is 1. The number of ketones is 1. The van der Waals surface area contributed by atoms with Crippen LogP contribution in [-0.2, 0) is 16.6 Å². The molecule has 1 fully saturated rings. The molecule has 6 nitrogen and oxygen atoms in total. The minimum atomic E-state index is -0.436. The summed E-state index contributed by atoms with van der Waals surface area (Å²) in [6.45, 7) is 2.49. The third-order valence-corrected chi connectivity index (χ3v) is 7.10. The molecule has 0 aromatic heterocycles. The Balaban J connectivity index is 1.34. The highest BCUT2D eigenvalue weighted by Gasteiger charge is 2.50. The van der Waals surface area contributed by atoms with Crippen LogP contribution in [0.2, 0.25) is 0 Å². The molecule has 1 saturated carbocycles. The van der Waals surface area contributed by atoms with Crippen molar-refractivity contribution in [1.29, 1.82) is 0 Å². The number of aliphatic hydroxyl groups excluding tert-OH is 1. The number of carbonyl (C=O) groups is 2. The Morgan fingerprint density at radius 2 is 1.71 bits per heavy atom. The maximum absolute atomic E-state index is 13.4. The molecule has 1 amide bonds. The lowest BCUT2D eigenvalue weighted by Crippen LogP contribution is -2.29. The van der Waals surface area contributed by atoms with E-state index in [-0.39, 0.29) is 25.1 Å². The van der Waals surface area contributed by atoms with Gasteiger partial charge in [-0.3, -0.25) is 9.59 Å². The maximum Gasteiger partial charge on any atom is 0.253 e. The van der Waals surface area contributed by atoms with E-state index < -0.39 is 5.41 Å².